The highest BCUT2D eigenvalue weighted by Gasteiger charge is 2.31. The lowest BCUT2D eigenvalue weighted by atomic mass is 10.1. The largest absolute Gasteiger partial charge is 0.494 e. The number of anilines is 4. The molecule has 0 spiro atoms. The molecule has 2 fully saturated rings. The summed E-state index contributed by atoms with van der Waals surface area (Å²) >= 11 is 0. The van der Waals surface area contributed by atoms with E-state index in [1.165, 1.54) is 24.2 Å². The number of β-lactam (4-membered cyclic amide) rings is 1. The summed E-state index contributed by atoms with van der Waals surface area (Å²) in [5.74, 6) is -0.725. The van der Waals surface area contributed by atoms with Gasteiger partial charge in [0.05, 0.1) is 24.0 Å². The number of carbonyl (C=O) groups excluding carboxylic acids is 3. The van der Waals surface area contributed by atoms with Crippen molar-refractivity contribution in [1.82, 2.24) is 30.3 Å². The summed E-state index contributed by atoms with van der Waals surface area (Å²) in [7, 11) is 3.15. The van der Waals surface area contributed by atoms with Crippen LogP contribution in [0.25, 0.3) is 11.4 Å². The van der Waals surface area contributed by atoms with Gasteiger partial charge in [0.25, 0.3) is 5.91 Å². The molecule has 3 amide bonds. The first kappa shape index (κ1) is 19.7. The lowest BCUT2D eigenvalue weighted by molar-refractivity contribution is -0.122. The van der Waals surface area contributed by atoms with Crippen LogP contribution in [0.3, 0.4) is 0 Å². The van der Waals surface area contributed by atoms with E-state index >= 15 is 0 Å². The number of hydrogen-bond donors (Lipinski definition) is 3. The van der Waals surface area contributed by atoms with Gasteiger partial charge in [0, 0.05) is 48.8 Å². The molecule has 1 saturated heterocycles. The van der Waals surface area contributed by atoms with E-state index in [1.807, 2.05) is 5.32 Å². The Hall–Kier alpha value is -4.55. The van der Waals surface area contributed by atoms with Crippen LogP contribution in [0.1, 0.15) is 33.9 Å². The number of carbonyl (C=O) groups is 3. The summed E-state index contributed by atoms with van der Waals surface area (Å²) in [6.07, 6.45) is 3.46. The van der Waals surface area contributed by atoms with Gasteiger partial charge >= 0.3 is 0 Å². The lowest BCUT2D eigenvalue weighted by Gasteiger charge is -2.31. The number of methoxy groups -OCH3 is 1. The number of nitrogens with one attached hydrogen (secondary N) is 3. The zero-order chi connectivity index (χ0) is 27.9. The zero-order valence-corrected chi connectivity index (χ0v) is 19.5. The van der Waals surface area contributed by atoms with Gasteiger partial charge in [-0.2, -0.15) is 5.10 Å². The molecule has 13 nitrogen and oxygen atoms in total. The number of amides is 3. The molecule has 3 N–H and O–H groups in total. The Bertz CT molecular complexity index is 1470. The molecular formula is C23H25N9O4. The van der Waals surface area contributed by atoms with E-state index in [-0.39, 0.29) is 34.9 Å². The van der Waals surface area contributed by atoms with E-state index in [1.54, 1.807) is 24.1 Å². The van der Waals surface area contributed by atoms with E-state index in [9.17, 15) is 14.4 Å². The van der Waals surface area contributed by atoms with Crippen molar-refractivity contribution in [2.75, 3.05) is 36.2 Å². The second-order valence-corrected chi connectivity index (χ2v) is 8.45. The minimum absolute atomic E-state index is 0.0446. The van der Waals surface area contributed by atoms with E-state index in [0.717, 1.165) is 12.8 Å². The van der Waals surface area contributed by atoms with Gasteiger partial charge in [0.1, 0.15) is 6.33 Å². The summed E-state index contributed by atoms with van der Waals surface area (Å²) < 4.78 is 29.4. The average molecular weight is 495 g/mol. The quantitative estimate of drug-likeness (QED) is 0.395. The minimum atomic E-state index is -2.78. The maximum absolute atomic E-state index is 12.8. The Labute approximate surface area is 210 Å². The zero-order valence-electron chi connectivity index (χ0n) is 22.5. The van der Waals surface area contributed by atoms with E-state index in [4.69, 9.17) is 8.85 Å². The Kier molecular flexibility index (Phi) is 5.06. The van der Waals surface area contributed by atoms with Gasteiger partial charge < -0.3 is 25.6 Å². The summed E-state index contributed by atoms with van der Waals surface area (Å²) in [4.78, 5) is 43.3. The fourth-order valence-corrected chi connectivity index (χ4v) is 3.79. The highest BCUT2D eigenvalue weighted by atomic mass is 16.5. The van der Waals surface area contributed by atoms with Crippen LogP contribution in [0.4, 0.5) is 22.9 Å². The molecule has 1 aliphatic carbocycles. The van der Waals surface area contributed by atoms with Gasteiger partial charge in [0.15, 0.2) is 23.1 Å². The first-order chi connectivity index (χ1) is 18.5. The summed E-state index contributed by atoms with van der Waals surface area (Å²) in [5, 5.41) is 19.8. The van der Waals surface area contributed by atoms with Crippen LogP contribution in [0, 0.1) is 5.92 Å². The number of ether oxygens (including phenoxy) is 1. The molecule has 0 bridgehead atoms. The van der Waals surface area contributed by atoms with Crippen molar-refractivity contribution in [2.45, 2.75) is 19.3 Å². The monoisotopic (exact) mass is 494 g/mol. The predicted octanol–water partition coefficient (Wildman–Crippen LogP) is 1.47. The van der Waals surface area contributed by atoms with Crippen molar-refractivity contribution >= 4 is 40.6 Å². The Morgan fingerprint density at radius 3 is 2.64 bits per heavy atom. The molecule has 1 aromatic carbocycles. The third-order valence-corrected chi connectivity index (χ3v) is 5.87. The predicted molar refractivity (Wildman–Crippen MR) is 130 cm³/mol. The van der Waals surface area contributed by atoms with Crippen molar-refractivity contribution < 1.29 is 23.2 Å². The normalized spacial score (nSPS) is 16.3. The SMILES string of the molecule is [2H]C([2H])([2H])NC(=O)c1nnc(NC(=O)C2CC2)cc1Nc1cc(N2CCC2=O)cc(-c2ncn(C)n2)c1OC. The highest BCUT2D eigenvalue weighted by Crippen LogP contribution is 2.42. The van der Waals surface area contributed by atoms with Gasteiger partial charge in [-0.3, -0.25) is 19.1 Å². The third-order valence-electron chi connectivity index (χ3n) is 5.87. The lowest BCUT2D eigenvalue weighted by Crippen LogP contribution is -2.43. The molecule has 0 unspecified atom stereocenters. The molecule has 36 heavy (non-hydrogen) atoms. The Morgan fingerprint density at radius 2 is 2.03 bits per heavy atom. The third kappa shape index (κ3) is 4.42. The molecule has 0 atom stereocenters. The number of benzene rings is 1. The van der Waals surface area contributed by atoms with Crippen molar-refractivity contribution in [3.05, 3.63) is 30.2 Å². The van der Waals surface area contributed by atoms with Crippen LogP contribution in [0.15, 0.2) is 24.5 Å². The van der Waals surface area contributed by atoms with Crippen LogP contribution < -0.4 is 25.6 Å². The molecule has 2 aromatic heterocycles. The van der Waals surface area contributed by atoms with Gasteiger partial charge in [-0.25, -0.2) is 4.98 Å². The van der Waals surface area contributed by atoms with Gasteiger partial charge in [-0.05, 0) is 25.0 Å². The molecule has 3 heterocycles. The second-order valence-electron chi connectivity index (χ2n) is 8.45. The van der Waals surface area contributed by atoms with Gasteiger partial charge in [0.2, 0.25) is 11.8 Å². The molecule has 5 rings (SSSR count). The highest BCUT2D eigenvalue weighted by molar-refractivity contribution is 6.02. The fourth-order valence-electron chi connectivity index (χ4n) is 3.79. The molecule has 0 radical (unpaired) electrons. The average Bonchev–Trinajstić information content (AvgIpc) is 3.62. The van der Waals surface area contributed by atoms with Crippen molar-refractivity contribution in [1.29, 1.82) is 0 Å². The maximum Gasteiger partial charge on any atom is 0.273 e. The minimum Gasteiger partial charge on any atom is -0.494 e. The molecule has 3 aromatic rings. The van der Waals surface area contributed by atoms with E-state index in [0.29, 0.717) is 41.5 Å². The molecule has 1 aliphatic heterocycles. The molecular weight excluding hydrogens is 466 g/mol. The fraction of sp³-hybridized carbons (Fsp3) is 0.348. The van der Waals surface area contributed by atoms with Crippen molar-refractivity contribution in [3.8, 4) is 17.1 Å². The number of aryl methyl sites for hydroxylation is 1. The second kappa shape index (κ2) is 9.24. The van der Waals surface area contributed by atoms with Crippen LogP contribution in [0.5, 0.6) is 5.75 Å². The molecule has 186 valence electrons. The first-order valence-electron chi connectivity index (χ1n) is 12.7. The first-order valence-corrected chi connectivity index (χ1v) is 11.2. The summed E-state index contributed by atoms with van der Waals surface area (Å²) in [5.41, 5.74) is 1.03. The summed E-state index contributed by atoms with van der Waals surface area (Å²) in [6.45, 7) is -2.26. The Balaban J connectivity index is 1.60. The molecule has 1 saturated carbocycles. The summed E-state index contributed by atoms with van der Waals surface area (Å²) in [6, 6.07) is 4.75. The van der Waals surface area contributed by atoms with E-state index in [2.05, 4.69) is 30.9 Å². The van der Waals surface area contributed by atoms with Gasteiger partial charge in [-0.15, -0.1) is 10.2 Å². The van der Waals surface area contributed by atoms with Crippen molar-refractivity contribution in [2.24, 2.45) is 13.0 Å². The Morgan fingerprint density at radius 1 is 1.19 bits per heavy atom. The van der Waals surface area contributed by atoms with E-state index < -0.39 is 12.9 Å². The van der Waals surface area contributed by atoms with Crippen LogP contribution in [-0.4, -0.2) is 63.3 Å². The van der Waals surface area contributed by atoms with Crippen LogP contribution in [0.2, 0.25) is 0 Å². The smallest absolute Gasteiger partial charge is 0.273 e. The number of hydrogen-bond acceptors (Lipinski definition) is 9. The topological polar surface area (TPSA) is 156 Å². The standard InChI is InChI=1S/C23H25N9O4/c1-24-23(35)19-15(10-17(28-29-19)27-22(34)12-4-5-12)26-16-9-13(32-7-6-18(32)33)8-14(20(16)36-3)21-25-11-31(2)30-21/h8-12H,4-7H2,1-3H3,(H,24,35)(H2,26,27,28,34)/i1D3. The number of rotatable bonds is 8. The van der Waals surface area contributed by atoms with Gasteiger partial charge in [-0.1, -0.05) is 0 Å². The van der Waals surface area contributed by atoms with Crippen molar-refractivity contribution in [3.63, 3.8) is 0 Å². The van der Waals surface area contributed by atoms with Crippen LogP contribution in [-0.2, 0) is 16.6 Å². The number of aromatic nitrogens is 5. The number of nitrogens with zero attached hydrogens (tertiary/aromatic N) is 6. The molecule has 13 heteroatoms. The maximum atomic E-state index is 12.8. The molecule has 2 aliphatic rings. The van der Waals surface area contributed by atoms with Crippen LogP contribution >= 0.6 is 0 Å².